The number of hydrogen-bond donors (Lipinski definition) is 2. The van der Waals surface area contributed by atoms with Gasteiger partial charge in [-0.2, -0.15) is 0 Å². The topological polar surface area (TPSA) is 89.6 Å². The number of ether oxygens (including phenoxy) is 2. The molecule has 2 N–H and O–H groups in total. The minimum atomic E-state index is -0.136. The van der Waals surface area contributed by atoms with Gasteiger partial charge in [0.05, 0.1) is 25.6 Å². The third-order valence-electron chi connectivity index (χ3n) is 10.4. The van der Waals surface area contributed by atoms with Crippen molar-refractivity contribution in [1.82, 2.24) is 9.80 Å². The molecule has 300 valence electrons. The Bertz CT molecular complexity index is 1770. The van der Waals surface area contributed by atoms with Gasteiger partial charge in [0.1, 0.15) is 11.5 Å². The lowest BCUT2D eigenvalue weighted by Gasteiger charge is -2.37. The van der Waals surface area contributed by atoms with Crippen LogP contribution in [0, 0.1) is 0 Å². The van der Waals surface area contributed by atoms with E-state index < -0.39 is 0 Å². The lowest BCUT2D eigenvalue weighted by Crippen LogP contribution is -2.46. The smallest absolute Gasteiger partial charge is 0.255 e. The molecule has 10 nitrogen and oxygen atoms in total. The van der Waals surface area contributed by atoms with Gasteiger partial charge in [0, 0.05) is 83.8 Å². The Kier molecular flexibility index (Phi) is 16.7. The molecular weight excluding hydrogens is 860 g/mol. The predicted octanol–water partition coefficient (Wildman–Crippen LogP) is 9.05. The maximum absolute atomic E-state index is 12.8. The summed E-state index contributed by atoms with van der Waals surface area (Å²) < 4.78 is 13.1. The predicted molar refractivity (Wildman–Crippen MR) is 238 cm³/mol. The van der Waals surface area contributed by atoms with Gasteiger partial charge < -0.3 is 29.9 Å². The summed E-state index contributed by atoms with van der Waals surface area (Å²) in [5.41, 5.74) is 4.77. The monoisotopic (exact) mass is 910 g/mol. The second-order valence-corrected chi connectivity index (χ2v) is 16.0. The molecule has 13 heteroatoms. The molecule has 2 fully saturated rings. The largest absolute Gasteiger partial charge is 0.495 e. The first kappa shape index (κ1) is 43.3. The van der Waals surface area contributed by atoms with Crippen molar-refractivity contribution in [3.63, 3.8) is 0 Å². The summed E-state index contributed by atoms with van der Waals surface area (Å²) in [6.45, 7) is 10.0. The number of hydrogen-bond acceptors (Lipinski definition) is 8. The van der Waals surface area contributed by atoms with Gasteiger partial charge in [0.2, 0.25) is 0 Å². The van der Waals surface area contributed by atoms with Gasteiger partial charge in [-0.1, -0.05) is 63.3 Å². The zero-order chi connectivity index (χ0) is 38.6. The molecular formula is C43H53Br2ClN6O4. The number of unbranched alkanes of at least 4 members (excludes halogenated alkanes) is 4. The van der Waals surface area contributed by atoms with Crippen LogP contribution in [0.3, 0.4) is 0 Å². The highest BCUT2D eigenvalue weighted by molar-refractivity contribution is 9.10. The molecule has 0 unspecified atom stereocenters. The number of piperazine rings is 2. The molecule has 0 aliphatic carbocycles. The van der Waals surface area contributed by atoms with Gasteiger partial charge in [-0.15, -0.1) is 12.4 Å². The normalized spacial score (nSPS) is 14.9. The third kappa shape index (κ3) is 12.1. The number of carbonyl (C=O) groups excluding carboxylic acids is 2. The molecule has 0 radical (unpaired) electrons. The van der Waals surface area contributed by atoms with E-state index >= 15 is 0 Å². The van der Waals surface area contributed by atoms with Crippen LogP contribution >= 0.6 is 44.3 Å². The Morgan fingerprint density at radius 2 is 0.946 bits per heavy atom. The highest BCUT2D eigenvalue weighted by Gasteiger charge is 2.22. The number of nitrogens with zero attached hydrogens (tertiary/aromatic N) is 4. The molecule has 2 heterocycles. The number of carbonyl (C=O) groups is 2. The Hall–Kier alpha value is -3.81. The summed E-state index contributed by atoms with van der Waals surface area (Å²) in [5, 5.41) is 6.09. The number of nitrogens with one attached hydrogen (secondary N) is 2. The Morgan fingerprint density at radius 1 is 0.554 bits per heavy atom. The number of rotatable bonds is 16. The van der Waals surface area contributed by atoms with E-state index in [0.717, 1.165) is 109 Å². The third-order valence-corrected chi connectivity index (χ3v) is 11.4. The van der Waals surface area contributed by atoms with Crippen molar-refractivity contribution in [3.05, 3.63) is 105 Å². The van der Waals surface area contributed by atoms with Crippen molar-refractivity contribution < 1.29 is 19.1 Å². The second-order valence-electron chi connectivity index (χ2n) is 14.1. The molecule has 0 atom stereocenters. The molecule has 2 aliphatic rings. The van der Waals surface area contributed by atoms with E-state index in [9.17, 15) is 9.59 Å². The summed E-state index contributed by atoms with van der Waals surface area (Å²) in [6, 6.07) is 26.5. The lowest BCUT2D eigenvalue weighted by atomic mass is 10.1. The van der Waals surface area contributed by atoms with Gasteiger partial charge in [-0.05, 0) is 98.7 Å². The number of halogens is 3. The fourth-order valence-corrected chi connectivity index (χ4v) is 8.12. The van der Waals surface area contributed by atoms with Crippen molar-refractivity contribution in [2.75, 3.05) is 100 Å². The van der Waals surface area contributed by atoms with Gasteiger partial charge in [0.15, 0.2) is 0 Å². The van der Waals surface area contributed by atoms with E-state index in [1.807, 2.05) is 84.9 Å². The molecule has 2 amide bonds. The molecule has 6 rings (SSSR count). The number of methoxy groups -OCH3 is 2. The minimum absolute atomic E-state index is 0. The number of benzene rings is 4. The van der Waals surface area contributed by atoms with E-state index in [4.69, 9.17) is 9.47 Å². The summed E-state index contributed by atoms with van der Waals surface area (Å²) in [4.78, 5) is 35.6. The van der Waals surface area contributed by atoms with Crippen LogP contribution in [-0.4, -0.2) is 101 Å². The lowest BCUT2D eigenvalue weighted by molar-refractivity contribution is 0.101. The van der Waals surface area contributed by atoms with E-state index in [2.05, 4.69) is 62.1 Å². The molecule has 0 spiro atoms. The first-order valence-corrected chi connectivity index (χ1v) is 20.8. The van der Waals surface area contributed by atoms with E-state index in [1.54, 1.807) is 14.2 Å². The maximum atomic E-state index is 12.8. The van der Waals surface area contributed by atoms with Crippen LogP contribution in [0.5, 0.6) is 11.5 Å². The van der Waals surface area contributed by atoms with Crippen LogP contribution in [0.15, 0.2) is 93.9 Å². The minimum Gasteiger partial charge on any atom is -0.495 e. The summed E-state index contributed by atoms with van der Waals surface area (Å²) in [7, 11) is 3.40. The standard InChI is InChI=1S/C43H52Br2N6O4.ClH/c1-54-40-16-14-36(46-42(52)32-10-8-12-34(44)28-32)30-38(40)50-24-20-48(21-25-50)18-6-4-3-5-7-19-49-22-26-51(27-23-49)39-31-37(15-17-41(39)55-2)47-43(53)33-11-9-13-35(45)29-33;/h8-17,28-31H,3-7,18-27H2,1-2H3,(H,46,52)(H,47,53);1H. The van der Waals surface area contributed by atoms with E-state index in [-0.39, 0.29) is 24.2 Å². The molecule has 2 saturated heterocycles. The Balaban J connectivity index is 0.00000600. The van der Waals surface area contributed by atoms with Crippen LogP contribution in [-0.2, 0) is 0 Å². The fourth-order valence-electron chi connectivity index (χ4n) is 7.32. The number of anilines is 4. The zero-order valence-corrected chi connectivity index (χ0v) is 36.3. The average molecular weight is 913 g/mol. The first-order chi connectivity index (χ1) is 26.8. The zero-order valence-electron chi connectivity index (χ0n) is 32.3. The van der Waals surface area contributed by atoms with Crippen LogP contribution < -0.4 is 29.9 Å². The van der Waals surface area contributed by atoms with E-state index in [0.29, 0.717) is 11.1 Å². The molecule has 4 aromatic rings. The van der Waals surface area contributed by atoms with Crippen LogP contribution in [0.1, 0.15) is 52.8 Å². The fraction of sp³-hybridized carbons (Fsp3) is 0.395. The molecule has 2 aliphatic heterocycles. The molecule has 0 saturated carbocycles. The summed E-state index contributed by atoms with van der Waals surface area (Å²) in [6.07, 6.45) is 6.24. The average Bonchev–Trinajstić information content (AvgIpc) is 3.21. The highest BCUT2D eigenvalue weighted by Crippen LogP contribution is 2.34. The molecule has 4 aromatic carbocycles. The van der Waals surface area contributed by atoms with E-state index in [1.165, 1.54) is 32.1 Å². The van der Waals surface area contributed by atoms with Gasteiger partial charge >= 0.3 is 0 Å². The Morgan fingerprint density at radius 3 is 1.32 bits per heavy atom. The second kappa shape index (κ2) is 21.6. The molecule has 0 aromatic heterocycles. The van der Waals surface area contributed by atoms with Crippen molar-refractivity contribution in [2.45, 2.75) is 32.1 Å². The van der Waals surface area contributed by atoms with Crippen LogP contribution in [0.2, 0.25) is 0 Å². The van der Waals surface area contributed by atoms with Gasteiger partial charge in [-0.25, -0.2) is 0 Å². The van der Waals surface area contributed by atoms with Crippen molar-refractivity contribution in [2.24, 2.45) is 0 Å². The van der Waals surface area contributed by atoms with Gasteiger partial charge in [-0.3, -0.25) is 19.4 Å². The quantitative estimate of drug-likeness (QED) is 0.108. The van der Waals surface area contributed by atoms with Crippen LogP contribution in [0.4, 0.5) is 22.7 Å². The SMILES string of the molecule is COc1ccc(NC(=O)c2cccc(Br)c2)cc1N1CCN(CCCCCCCN2CCN(c3cc(NC(=O)c4cccc(Br)c4)ccc3OC)CC2)CC1.Cl. The number of amides is 2. The maximum Gasteiger partial charge on any atom is 0.255 e. The van der Waals surface area contributed by atoms with Gasteiger partial charge in [0.25, 0.3) is 11.8 Å². The molecule has 0 bridgehead atoms. The van der Waals surface area contributed by atoms with Crippen molar-refractivity contribution in [3.8, 4) is 11.5 Å². The summed E-state index contributed by atoms with van der Waals surface area (Å²) >= 11 is 6.89. The van der Waals surface area contributed by atoms with Crippen molar-refractivity contribution >= 4 is 78.8 Å². The summed E-state index contributed by atoms with van der Waals surface area (Å²) in [5.74, 6) is 1.37. The molecule has 56 heavy (non-hydrogen) atoms. The first-order valence-electron chi connectivity index (χ1n) is 19.2. The van der Waals surface area contributed by atoms with Crippen molar-refractivity contribution in [1.29, 1.82) is 0 Å². The van der Waals surface area contributed by atoms with Crippen LogP contribution in [0.25, 0.3) is 0 Å². The highest BCUT2D eigenvalue weighted by atomic mass is 79.9. The Labute approximate surface area is 354 Å².